The van der Waals surface area contributed by atoms with Gasteiger partial charge < -0.3 is 0 Å². The molecule has 0 unspecified atom stereocenters. The predicted molar refractivity (Wildman–Crippen MR) is 61.3 cm³/mol. The quantitative estimate of drug-likeness (QED) is 0.778. The minimum absolute atomic E-state index is 0.571. The summed E-state index contributed by atoms with van der Waals surface area (Å²) in [5, 5.41) is 5.30. The van der Waals surface area contributed by atoms with Crippen molar-refractivity contribution in [3.63, 3.8) is 0 Å². The molecule has 14 heavy (non-hydrogen) atoms. The first-order valence-corrected chi connectivity index (χ1v) is 5.38. The monoisotopic (exact) mass is 290 g/mol. The molecule has 0 aliphatic carbocycles. The summed E-state index contributed by atoms with van der Waals surface area (Å²) in [5.74, 6) is 0. The van der Waals surface area contributed by atoms with Gasteiger partial charge in [0, 0.05) is 5.02 Å². The molecule has 0 amide bonds. The Labute approximate surface area is 99.6 Å². The zero-order valence-corrected chi connectivity index (χ0v) is 10.0. The smallest absolute Gasteiger partial charge is 0.109 e. The maximum absolute atomic E-state index is 6.03. The first-order valence-electron chi connectivity index (χ1n) is 3.83. The van der Waals surface area contributed by atoms with Gasteiger partial charge in [0.1, 0.15) is 4.60 Å². The Bertz CT molecular complexity index is 468. The number of hydrogen-bond acceptors (Lipinski definition) is 1. The molecule has 0 atom stereocenters. The van der Waals surface area contributed by atoms with Crippen molar-refractivity contribution in [3.05, 3.63) is 45.1 Å². The van der Waals surface area contributed by atoms with Crippen molar-refractivity contribution < 1.29 is 0 Å². The fourth-order valence-corrected chi connectivity index (χ4v) is 2.01. The maximum Gasteiger partial charge on any atom is 0.109 e. The SMILES string of the molecule is Clc1ccc(-n2nccc2Br)c(Cl)c1. The van der Waals surface area contributed by atoms with E-state index in [1.54, 1.807) is 23.0 Å². The lowest BCUT2D eigenvalue weighted by atomic mass is 10.3. The van der Waals surface area contributed by atoms with Crippen LogP contribution < -0.4 is 0 Å². The molecular weight excluding hydrogens is 287 g/mol. The number of halogens is 3. The lowest BCUT2D eigenvalue weighted by molar-refractivity contribution is 0.861. The number of hydrogen-bond donors (Lipinski definition) is 0. The fraction of sp³-hybridized carbons (Fsp3) is 0. The maximum atomic E-state index is 6.03. The zero-order chi connectivity index (χ0) is 10.1. The molecule has 0 N–H and O–H groups in total. The number of aromatic nitrogens is 2. The van der Waals surface area contributed by atoms with Crippen LogP contribution in [0.4, 0.5) is 0 Å². The van der Waals surface area contributed by atoms with Crippen LogP contribution in [0, 0.1) is 0 Å². The molecule has 72 valence electrons. The van der Waals surface area contributed by atoms with Gasteiger partial charge in [-0.3, -0.25) is 0 Å². The van der Waals surface area contributed by atoms with Gasteiger partial charge in [-0.2, -0.15) is 5.10 Å². The van der Waals surface area contributed by atoms with E-state index in [0.29, 0.717) is 10.0 Å². The van der Waals surface area contributed by atoms with E-state index >= 15 is 0 Å². The van der Waals surface area contributed by atoms with E-state index in [9.17, 15) is 0 Å². The van der Waals surface area contributed by atoms with Crippen molar-refractivity contribution >= 4 is 39.1 Å². The van der Waals surface area contributed by atoms with Crippen LogP contribution in [0.3, 0.4) is 0 Å². The second kappa shape index (κ2) is 3.93. The Morgan fingerprint density at radius 2 is 2.00 bits per heavy atom. The summed E-state index contributed by atoms with van der Waals surface area (Å²) in [6.07, 6.45) is 1.69. The highest BCUT2D eigenvalue weighted by Crippen LogP contribution is 2.26. The zero-order valence-electron chi connectivity index (χ0n) is 6.92. The minimum Gasteiger partial charge on any atom is -0.225 e. The summed E-state index contributed by atoms with van der Waals surface area (Å²) < 4.78 is 2.54. The molecule has 1 heterocycles. The van der Waals surface area contributed by atoms with Gasteiger partial charge in [0.25, 0.3) is 0 Å². The number of nitrogens with zero attached hydrogens (tertiary/aromatic N) is 2. The van der Waals surface area contributed by atoms with E-state index in [2.05, 4.69) is 21.0 Å². The van der Waals surface area contributed by atoms with Crippen LogP contribution in [0.2, 0.25) is 10.0 Å². The second-order valence-corrected chi connectivity index (χ2v) is 4.32. The van der Waals surface area contributed by atoms with E-state index in [1.807, 2.05) is 12.1 Å². The van der Waals surface area contributed by atoms with Crippen LogP contribution in [0.1, 0.15) is 0 Å². The van der Waals surface area contributed by atoms with E-state index in [-0.39, 0.29) is 0 Å². The highest BCUT2D eigenvalue weighted by atomic mass is 79.9. The Hall–Kier alpha value is -0.510. The van der Waals surface area contributed by atoms with E-state index in [0.717, 1.165) is 10.3 Å². The van der Waals surface area contributed by atoms with Crippen LogP contribution >= 0.6 is 39.1 Å². The molecule has 5 heteroatoms. The third-order valence-electron chi connectivity index (χ3n) is 1.73. The van der Waals surface area contributed by atoms with Crippen LogP contribution in [0.15, 0.2) is 35.1 Å². The van der Waals surface area contributed by atoms with E-state index in [1.165, 1.54) is 0 Å². The molecule has 1 aromatic carbocycles. The average molecular weight is 292 g/mol. The number of rotatable bonds is 1. The van der Waals surface area contributed by atoms with Gasteiger partial charge >= 0.3 is 0 Å². The van der Waals surface area contributed by atoms with Gasteiger partial charge in [-0.15, -0.1) is 0 Å². The molecule has 0 aliphatic heterocycles. The Morgan fingerprint density at radius 3 is 2.57 bits per heavy atom. The summed E-state index contributed by atoms with van der Waals surface area (Å²) >= 11 is 15.2. The molecule has 1 aromatic heterocycles. The first-order chi connectivity index (χ1) is 6.68. The summed E-state index contributed by atoms with van der Waals surface area (Å²) in [4.78, 5) is 0. The summed E-state index contributed by atoms with van der Waals surface area (Å²) in [6, 6.07) is 7.12. The normalized spacial score (nSPS) is 10.5. The highest BCUT2D eigenvalue weighted by Gasteiger charge is 2.06. The molecule has 0 bridgehead atoms. The van der Waals surface area contributed by atoms with Gasteiger partial charge in [-0.05, 0) is 40.2 Å². The lowest BCUT2D eigenvalue weighted by Gasteiger charge is -2.05. The van der Waals surface area contributed by atoms with Crippen molar-refractivity contribution in [3.8, 4) is 5.69 Å². The molecule has 0 fully saturated rings. The molecule has 0 saturated carbocycles. The van der Waals surface area contributed by atoms with Crippen molar-refractivity contribution in [2.45, 2.75) is 0 Å². The Kier molecular flexibility index (Phi) is 2.81. The fourth-order valence-electron chi connectivity index (χ4n) is 1.12. The molecule has 0 aliphatic rings. The second-order valence-electron chi connectivity index (χ2n) is 2.66. The van der Waals surface area contributed by atoms with Crippen LogP contribution in [-0.4, -0.2) is 9.78 Å². The first kappa shape index (κ1) is 10.0. The van der Waals surface area contributed by atoms with Crippen molar-refractivity contribution in [2.24, 2.45) is 0 Å². The average Bonchev–Trinajstić information content (AvgIpc) is 2.52. The van der Waals surface area contributed by atoms with Crippen LogP contribution in [-0.2, 0) is 0 Å². The summed E-state index contributed by atoms with van der Waals surface area (Å²) in [6.45, 7) is 0. The van der Waals surface area contributed by atoms with Gasteiger partial charge in [0.05, 0.1) is 16.9 Å². The molecule has 2 rings (SSSR count). The largest absolute Gasteiger partial charge is 0.225 e. The van der Waals surface area contributed by atoms with Gasteiger partial charge in [0.2, 0.25) is 0 Å². The third-order valence-corrected chi connectivity index (χ3v) is 2.87. The van der Waals surface area contributed by atoms with Crippen molar-refractivity contribution in [1.82, 2.24) is 9.78 Å². The van der Waals surface area contributed by atoms with Gasteiger partial charge in [0.15, 0.2) is 0 Å². The molecule has 2 aromatic rings. The molecule has 0 spiro atoms. The molecule has 0 saturated heterocycles. The van der Waals surface area contributed by atoms with Crippen LogP contribution in [0.5, 0.6) is 0 Å². The van der Waals surface area contributed by atoms with Crippen LogP contribution in [0.25, 0.3) is 5.69 Å². The van der Waals surface area contributed by atoms with E-state index in [4.69, 9.17) is 23.2 Å². The van der Waals surface area contributed by atoms with E-state index < -0.39 is 0 Å². The Morgan fingerprint density at radius 1 is 1.21 bits per heavy atom. The summed E-state index contributed by atoms with van der Waals surface area (Å²) in [7, 11) is 0. The Balaban J connectivity index is 2.58. The summed E-state index contributed by atoms with van der Waals surface area (Å²) in [5.41, 5.74) is 0.799. The minimum atomic E-state index is 0.571. The predicted octanol–water partition coefficient (Wildman–Crippen LogP) is 3.94. The van der Waals surface area contributed by atoms with Gasteiger partial charge in [-0.1, -0.05) is 23.2 Å². The third kappa shape index (κ3) is 1.80. The topological polar surface area (TPSA) is 17.8 Å². The molecule has 2 nitrogen and oxygen atoms in total. The molecule has 0 radical (unpaired) electrons. The highest BCUT2D eigenvalue weighted by molar-refractivity contribution is 9.10. The van der Waals surface area contributed by atoms with Gasteiger partial charge in [-0.25, -0.2) is 4.68 Å². The lowest BCUT2D eigenvalue weighted by Crippen LogP contribution is -1.96. The number of benzene rings is 1. The molecular formula is C9H5BrCl2N2. The van der Waals surface area contributed by atoms with Crippen molar-refractivity contribution in [2.75, 3.05) is 0 Å². The standard InChI is InChI=1S/C9H5BrCl2N2/c10-9-3-4-13-14(9)8-2-1-6(11)5-7(8)12/h1-5H. The van der Waals surface area contributed by atoms with Crippen molar-refractivity contribution in [1.29, 1.82) is 0 Å².